The van der Waals surface area contributed by atoms with E-state index in [9.17, 15) is 4.39 Å². The summed E-state index contributed by atoms with van der Waals surface area (Å²) >= 11 is 3.64. The summed E-state index contributed by atoms with van der Waals surface area (Å²) < 4.78 is 25.7. The van der Waals surface area contributed by atoms with Crippen LogP contribution >= 0.6 is 15.9 Å². The summed E-state index contributed by atoms with van der Waals surface area (Å²) in [5.41, 5.74) is 1.94. The smallest absolute Gasteiger partial charge is 0.167 e. The first-order chi connectivity index (χ1) is 13.2. The van der Waals surface area contributed by atoms with Crippen LogP contribution in [0.2, 0.25) is 0 Å². The maximum Gasteiger partial charge on any atom is 0.167 e. The first kappa shape index (κ1) is 20.1. The Balaban J connectivity index is 1.68. The molecule has 2 aromatic carbocycles. The van der Waals surface area contributed by atoms with Crippen molar-refractivity contribution in [3.05, 3.63) is 57.8 Å². The minimum Gasteiger partial charge on any atom is -0.493 e. The number of hydrogen-bond acceptors (Lipinski definition) is 4. The standard InChI is InChI=1S/C21H26BrFN2O2/c1-26-20-7-6-19(22)18(13-25-12-15-8-10-24-11-9-15)21(20)27-14-16-2-4-17(23)5-3-16/h2-7,15,24-25H,8-14H2,1H3. The number of hydrogen-bond donors (Lipinski definition) is 2. The van der Waals surface area contributed by atoms with Gasteiger partial charge in [-0.2, -0.15) is 0 Å². The monoisotopic (exact) mass is 436 g/mol. The molecule has 0 amide bonds. The molecule has 1 aliphatic heterocycles. The van der Waals surface area contributed by atoms with Crippen molar-refractivity contribution >= 4 is 15.9 Å². The number of rotatable bonds is 8. The van der Waals surface area contributed by atoms with Crippen molar-refractivity contribution in [2.45, 2.75) is 26.0 Å². The molecular weight excluding hydrogens is 411 g/mol. The number of piperidine rings is 1. The molecule has 146 valence electrons. The van der Waals surface area contributed by atoms with Crippen LogP contribution in [0.3, 0.4) is 0 Å². The molecule has 3 rings (SSSR count). The zero-order chi connectivity index (χ0) is 19.1. The lowest BCUT2D eigenvalue weighted by molar-refractivity contribution is 0.279. The average molecular weight is 437 g/mol. The van der Waals surface area contributed by atoms with Crippen LogP contribution in [0.15, 0.2) is 40.9 Å². The third kappa shape index (κ3) is 5.67. The lowest BCUT2D eigenvalue weighted by atomic mass is 9.98. The number of nitrogens with one attached hydrogen (secondary N) is 2. The molecule has 1 aliphatic rings. The van der Waals surface area contributed by atoms with Crippen molar-refractivity contribution < 1.29 is 13.9 Å². The first-order valence-electron chi connectivity index (χ1n) is 9.31. The van der Waals surface area contributed by atoms with E-state index < -0.39 is 0 Å². The van der Waals surface area contributed by atoms with Crippen molar-refractivity contribution in [2.24, 2.45) is 5.92 Å². The summed E-state index contributed by atoms with van der Waals surface area (Å²) in [6.07, 6.45) is 2.42. The SMILES string of the molecule is COc1ccc(Br)c(CNCC2CCNCC2)c1OCc1ccc(F)cc1. The van der Waals surface area contributed by atoms with Gasteiger partial charge in [-0.25, -0.2) is 4.39 Å². The summed E-state index contributed by atoms with van der Waals surface area (Å²) in [4.78, 5) is 0. The van der Waals surface area contributed by atoms with Crippen molar-refractivity contribution in [3.63, 3.8) is 0 Å². The molecule has 4 nitrogen and oxygen atoms in total. The van der Waals surface area contributed by atoms with Crippen LogP contribution in [0.1, 0.15) is 24.0 Å². The molecule has 6 heteroatoms. The van der Waals surface area contributed by atoms with E-state index >= 15 is 0 Å². The maximum absolute atomic E-state index is 13.1. The fourth-order valence-corrected chi connectivity index (χ4v) is 3.74. The van der Waals surface area contributed by atoms with E-state index in [0.717, 1.165) is 35.2 Å². The van der Waals surface area contributed by atoms with Gasteiger partial charge in [0.1, 0.15) is 12.4 Å². The molecule has 1 saturated heterocycles. The van der Waals surface area contributed by atoms with E-state index in [1.165, 1.54) is 25.0 Å². The summed E-state index contributed by atoms with van der Waals surface area (Å²) in [5.74, 6) is 1.87. The summed E-state index contributed by atoms with van der Waals surface area (Å²) in [7, 11) is 1.64. The van der Waals surface area contributed by atoms with Crippen LogP contribution in [-0.4, -0.2) is 26.7 Å². The Bertz CT molecular complexity index is 734. The van der Waals surface area contributed by atoms with Gasteiger partial charge < -0.3 is 20.1 Å². The summed E-state index contributed by atoms with van der Waals surface area (Å²) in [6.45, 7) is 4.24. The van der Waals surface area contributed by atoms with Gasteiger partial charge in [-0.05, 0) is 68.2 Å². The Kier molecular flexibility index (Phi) is 7.50. The topological polar surface area (TPSA) is 42.5 Å². The maximum atomic E-state index is 13.1. The number of ether oxygens (including phenoxy) is 2. The second-order valence-electron chi connectivity index (χ2n) is 6.80. The fourth-order valence-electron chi connectivity index (χ4n) is 3.29. The Hall–Kier alpha value is -1.63. The van der Waals surface area contributed by atoms with E-state index in [0.29, 0.717) is 30.6 Å². The van der Waals surface area contributed by atoms with Crippen LogP contribution in [0.25, 0.3) is 0 Å². The van der Waals surface area contributed by atoms with Gasteiger partial charge in [0.05, 0.1) is 7.11 Å². The summed E-state index contributed by atoms with van der Waals surface area (Å²) in [5, 5.41) is 6.96. The predicted octanol–water partition coefficient (Wildman–Crippen LogP) is 4.27. The minimum absolute atomic E-state index is 0.249. The van der Waals surface area contributed by atoms with E-state index in [-0.39, 0.29) is 5.82 Å². The van der Waals surface area contributed by atoms with Gasteiger partial charge >= 0.3 is 0 Å². The average Bonchev–Trinajstić information content (AvgIpc) is 2.70. The lowest BCUT2D eigenvalue weighted by Gasteiger charge is -2.23. The van der Waals surface area contributed by atoms with Crippen molar-refractivity contribution in [3.8, 4) is 11.5 Å². The highest BCUT2D eigenvalue weighted by molar-refractivity contribution is 9.10. The third-order valence-electron chi connectivity index (χ3n) is 4.88. The molecule has 0 aliphatic carbocycles. The van der Waals surface area contributed by atoms with Crippen LogP contribution in [-0.2, 0) is 13.2 Å². The van der Waals surface area contributed by atoms with Gasteiger partial charge in [0.2, 0.25) is 0 Å². The van der Waals surface area contributed by atoms with Crippen LogP contribution < -0.4 is 20.1 Å². The highest BCUT2D eigenvalue weighted by atomic mass is 79.9. The summed E-state index contributed by atoms with van der Waals surface area (Å²) in [6, 6.07) is 10.2. The largest absolute Gasteiger partial charge is 0.493 e. The second-order valence-corrected chi connectivity index (χ2v) is 7.65. The number of halogens is 2. The molecule has 0 aromatic heterocycles. The van der Waals surface area contributed by atoms with E-state index in [2.05, 4.69) is 26.6 Å². The molecule has 0 saturated carbocycles. The quantitative estimate of drug-likeness (QED) is 0.648. The fraction of sp³-hybridized carbons (Fsp3) is 0.429. The van der Waals surface area contributed by atoms with Gasteiger partial charge in [0.25, 0.3) is 0 Å². The molecule has 0 atom stereocenters. The van der Waals surface area contributed by atoms with E-state index in [4.69, 9.17) is 9.47 Å². The highest BCUT2D eigenvalue weighted by Gasteiger charge is 2.17. The molecule has 1 heterocycles. The predicted molar refractivity (Wildman–Crippen MR) is 109 cm³/mol. The highest BCUT2D eigenvalue weighted by Crippen LogP contribution is 2.36. The molecule has 27 heavy (non-hydrogen) atoms. The number of methoxy groups -OCH3 is 1. The minimum atomic E-state index is -0.249. The van der Waals surface area contributed by atoms with E-state index in [1.54, 1.807) is 19.2 Å². The molecule has 2 N–H and O–H groups in total. The van der Waals surface area contributed by atoms with Gasteiger partial charge in [0, 0.05) is 16.6 Å². The van der Waals surface area contributed by atoms with Crippen LogP contribution in [0.5, 0.6) is 11.5 Å². The Morgan fingerprint density at radius 1 is 1.15 bits per heavy atom. The lowest BCUT2D eigenvalue weighted by Crippen LogP contribution is -2.33. The zero-order valence-electron chi connectivity index (χ0n) is 15.6. The van der Waals surface area contributed by atoms with E-state index in [1.807, 2.05) is 12.1 Å². The molecule has 2 aromatic rings. The molecule has 0 bridgehead atoms. The molecule has 0 unspecified atom stereocenters. The molecular formula is C21H26BrFN2O2. The van der Waals surface area contributed by atoms with Crippen LogP contribution in [0, 0.1) is 11.7 Å². The van der Waals surface area contributed by atoms with Gasteiger partial charge in [-0.3, -0.25) is 0 Å². The Labute approximate surface area is 168 Å². The van der Waals surface area contributed by atoms with Crippen LogP contribution in [0.4, 0.5) is 4.39 Å². The van der Waals surface area contributed by atoms with Gasteiger partial charge in [-0.1, -0.05) is 28.1 Å². The Morgan fingerprint density at radius 3 is 2.59 bits per heavy atom. The zero-order valence-corrected chi connectivity index (χ0v) is 17.1. The van der Waals surface area contributed by atoms with Gasteiger partial charge in [0.15, 0.2) is 11.5 Å². The second kappa shape index (κ2) is 10.1. The van der Waals surface area contributed by atoms with Gasteiger partial charge in [-0.15, -0.1) is 0 Å². The van der Waals surface area contributed by atoms with Crippen molar-refractivity contribution in [1.29, 1.82) is 0 Å². The Morgan fingerprint density at radius 2 is 1.89 bits per heavy atom. The molecule has 0 radical (unpaired) electrons. The molecule has 0 spiro atoms. The normalized spacial score (nSPS) is 14.9. The molecule has 1 fully saturated rings. The number of benzene rings is 2. The van der Waals surface area contributed by atoms with Crippen molar-refractivity contribution in [1.82, 2.24) is 10.6 Å². The first-order valence-corrected chi connectivity index (χ1v) is 10.1. The van der Waals surface area contributed by atoms with Crippen molar-refractivity contribution in [2.75, 3.05) is 26.7 Å². The third-order valence-corrected chi connectivity index (χ3v) is 5.62.